The second-order valence-corrected chi connectivity index (χ2v) is 6.28. The van der Waals surface area contributed by atoms with Crippen LogP contribution in [0, 0.1) is 4.84 Å². The number of hydrogen-bond acceptors (Lipinski definition) is 4. The van der Waals surface area contributed by atoms with Gasteiger partial charge in [-0.25, -0.2) is 4.79 Å². The molecule has 1 amide bonds. The predicted octanol–water partition coefficient (Wildman–Crippen LogP) is 3.15. The number of rotatable bonds is 2. The first-order valence-corrected chi connectivity index (χ1v) is 6.79. The Bertz CT molecular complexity index is 517. The third-order valence-electron chi connectivity index (χ3n) is 3.55. The maximum Gasteiger partial charge on any atom is 0.408 e. The van der Waals surface area contributed by atoms with Crippen LogP contribution in [0.5, 0.6) is 0 Å². The Morgan fingerprint density at radius 1 is 1.53 bits per heavy atom. The van der Waals surface area contributed by atoms with Gasteiger partial charge in [-0.15, -0.1) is 0 Å². The van der Waals surface area contributed by atoms with Gasteiger partial charge in [-0.3, -0.25) is 9.88 Å². The molecular weight excluding hydrogens is 266 g/mol. The van der Waals surface area contributed by atoms with E-state index in [4.69, 9.17) is 16.7 Å². The average molecular weight is 285 g/mol. The molecule has 0 saturated heterocycles. The zero-order chi connectivity index (χ0) is 14.2. The molecule has 6 nitrogen and oxygen atoms in total. The standard InChI is InChI=1S/C12H19N3O3S/c1-12(2,3)15(11(16)17)8-6-4-5-7(8)9-13-10(19)18-14-9/h7-8H,4-6H2,1-3H3,(H,16,17)(H,13,14,19)/t7-,8+/m1/s1. The monoisotopic (exact) mass is 285 g/mol. The Labute approximate surface area is 116 Å². The normalized spacial score (nSPS) is 23.5. The fourth-order valence-corrected chi connectivity index (χ4v) is 3.04. The third kappa shape index (κ3) is 2.80. The first-order chi connectivity index (χ1) is 8.80. The summed E-state index contributed by atoms with van der Waals surface area (Å²) in [5, 5.41) is 13.4. The highest BCUT2D eigenvalue weighted by atomic mass is 32.1. The number of H-pyrrole nitrogens is 1. The largest absolute Gasteiger partial charge is 0.465 e. The van der Waals surface area contributed by atoms with Crippen LogP contribution in [0.1, 0.15) is 51.8 Å². The van der Waals surface area contributed by atoms with Crippen LogP contribution in [0.25, 0.3) is 0 Å². The second kappa shape index (κ2) is 4.96. The number of nitrogens with one attached hydrogen (secondary N) is 1. The molecule has 1 aromatic heterocycles. The van der Waals surface area contributed by atoms with Gasteiger partial charge in [0.25, 0.3) is 4.84 Å². The Balaban J connectivity index is 2.31. The van der Waals surface area contributed by atoms with E-state index in [0.29, 0.717) is 5.82 Å². The minimum Gasteiger partial charge on any atom is -0.465 e. The molecule has 0 bridgehead atoms. The van der Waals surface area contributed by atoms with Crippen molar-refractivity contribution in [2.75, 3.05) is 0 Å². The van der Waals surface area contributed by atoms with E-state index in [2.05, 4.69) is 10.1 Å². The van der Waals surface area contributed by atoms with Gasteiger partial charge in [0.15, 0.2) is 5.82 Å². The van der Waals surface area contributed by atoms with E-state index in [9.17, 15) is 9.90 Å². The van der Waals surface area contributed by atoms with Crippen molar-refractivity contribution in [3.05, 3.63) is 10.7 Å². The lowest BCUT2D eigenvalue weighted by Gasteiger charge is -2.40. The lowest BCUT2D eigenvalue weighted by atomic mass is 9.96. The summed E-state index contributed by atoms with van der Waals surface area (Å²) in [5.41, 5.74) is -0.445. The summed E-state index contributed by atoms with van der Waals surface area (Å²) in [4.78, 5) is 16.2. The zero-order valence-corrected chi connectivity index (χ0v) is 12.2. The molecule has 1 aromatic rings. The first kappa shape index (κ1) is 14.0. The molecule has 2 atom stereocenters. The molecule has 1 saturated carbocycles. The van der Waals surface area contributed by atoms with E-state index >= 15 is 0 Å². The van der Waals surface area contributed by atoms with Gasteiger partial charge < -0.3 is 9.63 Å². The lowest BCUT2D eigenvalue weighted by Crippen LogP contribution is -2.52. The highest BCUT2D eigenvalue weighted by Gasteiger charge is 2.42. The van der Waals surface area contributed by atoms with Crippen molar-refractivity contribution in [1.29, 1.82) is 0 Å². The van der Waals surface area contributed by atoms with Crippen LogP contribution in [-0.2, 0) is 0 Å². The number of carboxylic acid groups (broad SMARTS) is 1. The van der Waals surface area contributed by atoms with Crippen molar-refractivity contribution in [2.45, 2.75) is 57.5 Å². The second-order valence-electron chi connectivity index (χ2n) is 5.91. The molecule has 19 heavy (non-hydrogen) atoms. The van der Waals surface area contributed by atoms with E-state index < -0.39 is 11.6 Å². The smallest absolute Gasteiger partial charge is 0.408 e. The summed E-state index contributed by atoms with van der Waals surface area (Å²) >= 11 is 4.88. The van der Waals surface area contributed by atoms with Gasteiger partial charge in [0.1, 0.15) is 0 Å². The van der Waals surface area contributed by atoms with Crippen molar-refractivity contribution >= 4 is 18.3 Å². The molecule has 0 spiro atoms. The molecular formula is C12H19N3O3S. The van der Waals surface area contributed by atoms with Gasteiger partial charge in [0, 0.05) is 17.5 Å². The van der Waals surface area contributed by atoms with Crippen LogP contribution >= 0.6 is 12.2 Å². The lowest BCUT2D eigenvalue weighted by molar-refractivity contribution is 0.0655. The number of carbonyl (C=O) groups is 1. The number of hydrogen-bond donors (Lipinski definition) is 2. The molecule has 1 heterocycles. The van der Waals surface area contributed by atoms with Crippen molar-refractivity contribution in [2.24, 2.45) is 0 Å². The van der Waals surface area contributed by atoms with Crippen LogP contribution in [0.4, 0.5) is 4.79 Å². The highest BCUT2D eigenvalue weighted by molar-refractivity contribution is 7.71. The van der Waals surface area contributed by atoms with Crippen molar-refractivity contribution in [3.63, 3.8) is 0 Å². The predicted molar refractivity (Wildman–Crippen MR) is 71.7 cm³/mol. The minimum atomic E-state index is -0.897. The van der Waals surface area contributed by atoms with Crippen LogP contribution in [-0.4, -0.2) is 37.8 Å². The van der Waals surface area contributed by atoms with Gasteiger partial charge in [0.2, 0.25) is 0 Å². The van der Waals surface area contributed by atoms with E-state index in [1.54, 1.807) is 0 Å². The van der Waals surface area contributed by atoms with Crippen LogP contribution in [0.3, 0.4) is 0 Å². The molecule has 0 radical (unpaired) electrons. The number of amides is 1. The minimum absolute atomic E-state index is 0.0239. The fraction of sp³-hybridized carbons (Fsp3) is 0.750. The fourth-order valence-electron chi connectivity index (χ4n) is 2.90. The molecule has 2 N–H and O–H groups in total. The van der Waals surface area contributed by atoms with Gasteiger partial charge in [-0.2, -0.15) is 0 Å². The van der Waals surface area contributed by atoms with Gasteiger partial charge >= 0.3 is 6.09 Å². The Morgan fingerprint density at radius 2 is 2.21 bits per heavy atom. The molecule has 0 unspecified atom stereocenters. The molecule has 7 heteroatoms. The van der Waals surface area contributed by atoms with Gasteiger partial charge in [0.05, 0.1) is 0 Å². The summed E-state index contributed by atoms with van der Waals surface area (Å²) in [6, 6.07) is -0.0896. The third-order valence-corrected chi connectivity index (χ3v) is 3.72. The van der Waals surface area contributed by atoms with Crippen LogP contribution in [0.2, 0.25) is 0 Å². The van der Waals surface area contributed by atoms with Crippen LogP contribution in [0.15, 0.2) is 4.52 Å². The molecule has 0 aliphatic heterocycles. The van der Waals surface area contributed by atoms with E-state index in [-0.39, 0.29) is 16.8 Å². The number of aromatic nitrogens is 2. The van der Waals surface area contributed by atoms with Gasteiger partial charge in [-0.1, -0.05) is 11.6 Å². The average Bonchev–Trinajstić information content (AvgIpc) is 2.84. The van der Waals surface area contributed by atoms with E-state index in [1.807, 2.05) is 20.8 Å². The molecule has 1 aliphatic carbocycles. The van der Waals surface area contributed by atoms with Gasteiger partial charge in [-0.05, 0) is 45.8 Å². The van der Waals surface area contributed by atoms with E-state index in [0.717, 1.165) is 19.3 Å². The summed E-state index contributed by atoms with van der Waals surface area (Å²) in [6.07, 6.45) is 1.80. The maximum absolute atomic E-state index is 11.6. The van der Waals surface area contributed by atoms with Crippen molar-refractivity contribution < 1.29 is 14.4 Å². The molecule has 2 rings (SSSR count). The maximum atomic E-state index is 11.6. The Morgan fingerprint density at radius 3 is 2.68 bits per heavy atom. The summed E-state index contributed by atoms with van der Waals surface area (Å²) in [7, 11) is 0. The van der Waals surface area contributed by atoms with Crippen LogP contribution < -0.4 is 0 Å². The SMILES string of the molecule is CC(C)(C)N(C(=O)O)[C@H]1CCC[C@H]1c1noc(=S)[nH]1. The molecule has 0 aromatic carbocycles. The highest BCUT2D eigenvalue weighted by Crippen LogP contribution is 2.39. The van der Waals surface area contributed by atoms with E-state index in [1.165, 1.54) is 4.90 Å². The number of aromatic amines is 1. The molecule has 1 fully saturated rings. The van der Waals surface area contributed by atoms with Crippen molar-refractivity contribution in [1.82, 2.24) is 15.0 Å². The molecule has 106 valence electrons. The topological polar surface area (TPSA) is 82.4 Å². The van der Waals surface area contributed by atoms with Crippen molar-refractivity contribution in [3.8, 4) is 0 Å². The molecule has 1 aliphatic rings. The summed E-state index contributed by atoms with van der Waals surface area (Å²) in [6.45, 7) is 5.71. The quantitative estimate of drug-likeness (QED) is 0.816. The Hall–Kier alpha value is -1.37. The summed E-state index contributed by atoms with van der Waals surface area (Å²) < 4.78 is 4.89. The summed E-state index contributed by atoms with van der Waals surface area (Å²) in [5.74, 6) is 0.679. The number of nitrogens with zero attached hydrogens (tertiary/aromatic N) is 2. The zero-order valence-electron chi connectivity index (χ0n) is 11.3. The Kier molecular flexibility index (Phi) is 3.66. The first-order valence-electron chi connectivity index (χ1n) is 6.39.